The fraction of sp³-hybridized carbons (Fsp3) is 0.538. The van der Waals surface area contributed by atoms with Gasteiger partial charge in [0.25, 0.3) is 0 Å². The molecule has 3 N–H and O–H groups in total. The summed E-state index contributed by atoms with van der Waals surface area (Å²) in [5.74, 6) is -0.0933. The maximum atomic E-state index is 13.2. The summed E-state index contributed by atoms with van der Waals surface area (Å²) in [5.41, 5.74) is 2.59. The van der Waals surface area contributed by atoms with Gasteiger partial charge in [-0.15, -0.1) is 0 Å². The molecule has 2 heterocycles. The van der Waals surface area contributed by atoms with E-state index in [0.717, 1.165) is 13.1 Å². The topological polar surface area (TPSA) is 21.1 Å². The van der Waals surface area contributed by atoms with Gasteiger partial charge in [-0.25, -0.2) is 4.39 Å². The zero-order valence-electron chi connectivity index (χ0n) is 9.51. The summed E-state index contributed by atoms with van der Waals surface area (Å²) in [4.78, 5) is 1.70. The number of hydrogen-bond donors (Lipinski definition) is 2. The zero-order valence-corrected chi connectivity index (χ0v) is 9.51. The zero-order chi connectivity index (χ0) is 11.0. The predicted molar refractivity (Wildman–Crippen MR) is 59.6 cm³/mol. The lowest BCUT2D eigenvalue weighted by Crippen LogP contribution is -3.13. The van der Waals surface area contributed by atoms with Crippen LogP contribution in [0.3, 0.4) is 0 Å². The molecule has 0 bridgehead atoms. The standard InChI is InChI=1S/C13H17FN2/c14-11-3-4-12-10(7-11)8-15-9-13(12)16-5-1-2-6-16/h3-4,7,13,15H,1-2,5-6,8-9H2/p+2/t13-/m1/s1. The number of nitrogens with one attached hydrogen (secondary N) is 1. The Bertz CT molecular complexity index is 386. The summed E-state index contributed by atoms with van der Waals surface area (Å²) in [6, 6.07) is 5.93. The molecule has 1 fully saturated rings. The van der Waals surface area contributed by atoms with Crippen molar-refractivity contribution in [2.45, 2.75) is 25.4 Å². The SMILES string of the molecule is Fc1ccc2c(c1)C[NH2+]C[C@H]2[NH+]1CCCC1. The van der Waals surface area contributed by atoms with Gasteiger partial charge in [-0.3, -0.25) is 0 Å². The minimum Gasteiger partial charge on any atom is -0.337 e. The summed E-state index contributed by atoms with van der Waals surface area (Å²) >= 11 is 0. The van der Waals surface area contributed by atoms with Crippen molar-refractivity contribution in [3.63, 3.8) is 0 Å². The lowest BCUT2D eigenvalue weighted by Gasteiger charge is -2.28. The maximum absolute atomic E-state index is 13.2. The molecule has 1 aromatic carbocycles. The first-order valence-corrected chi connectivity index (χ1v) is 6.29. The number of fused-ring (bicyclic) bond motifs is 1. The largest absolute Gasteiger partial charge is 0.337 e. The number of hydrogen-bond acceptors (Lipinski definition) is 0. The van der Waals surface area contributed by atoms with Gasteiger partial charge in [-0.2, -0.15) is 0 Å². The van der Waals surface area contributed by atoms with E-state index in [-0.39, 0.29) is 5.82 Å². The van der Waals surface area contributed by atoms with Gasteiger partial charge >= 0.3 is 0 Å². The second-order valence-electron chi connectivity index (χ2n) is 4.99. The highest BCUT2D eigenvalue weighted by molar-refractivity contribution is 5.30. The predicted octanol–water partition coefficient (Wildman–Crippen LogP) is -0.377. The third-order valence-electron chi connectivity index (χ3n) is 3.99. The summed E-state index contributed by atoms with van der Waals surface area (Å²) in [6.07, 6.45) is 2.70. The van der Waals surface area contributed by atoms with Crippen LogP contribution in [0.4, 0.5) is 4.39 Å². The number of benzene rings is 1. The molecule has 1 atom stereocenters. The lowest BCUT2D eigenvalue weighted by atomic mass is 9.95. The Hall–Kier alpha value is -0.930. The molecule has 16 heavy (non-hydrogen) atoms. The first kappa shape index (κ1) is 10.2. The molecule has 3 rings (SSSR count). The van der Waals surface area contributed by atoms with Crippen LogP contribution in [0.2, 0.25) is 0 Å². The molecular formula is C13H19FN2+2. The minimum absolute atomic E-state index is 0.0933. The van der Waals surface area contributed by atoms with E-state index in [0.29, 0.717) is 6.04 Å². The molecule has 2 aliphatic heterocycles. The van der Waals surface area contributed by atoms with Gasteiger partial charge < -0.3 is 10.2 Å². The van der Waals surface area contributed by atoms with Crippen LogP contribution in [0, 0.1) is 5.82 Å². The van der Waals surface area contributed by atoms with Gasteiger partial charge in [0.1, 0.15) is 18.9 Å². The van der Waals surface area contributed by atoms with Crippen LogP contribution < -0.4 is 10.2 Å². The van der Waals surface area contributed by atoms with E-state index in [9.17, 15) is 4.39 Å². The average Bonchev–Trinajstić information content (AvgIpc) is 2.81. The van der Waals surface area contributed by atoms with Crippen molar-refractivity contribution in [3.05, 3.63) is 35.1 Å². The molecule has 0 aromatic heterocycles. The summed E-state index contributed by atoms with van der Waals surface area (Å²) in [5, 5.41) is 2.32. The van der Waals surface area contributed by atoms with Crippen molar-refractivity contribution in [1.29, 1.82) is 0 Å². The Morgan fingerprint density at radius 3 is 2.88 bits per heavy atom. The molecule has 2 nitrogen and oxygen atoms in total. The van der Waals surface area contributed by atoms with Gasteiger partial charge in [0, 0.05) is 24.0 Å². The highest BCUT2D eigenvalue weighted by Gasteiger charge is 2.33. The van der Waals surface area contributed by atoms with Gasteiger partial charge in [0.05, 0.1) is 13.1 Å². The smallest absolute Gasteiger partial charge is 0.163 e. The van der Waals surface area contributed by atoms with Gasteiger partial charge in [0.2, 0.25) is 0 Å². The van der Waals surface area contributed by atoms with E-state index in [1.54, 1.807) is 17.0 Å². The second kappa shape index (κ2) is 4.15. The normalized spacial score (nSPS) is 25.7. The summed E-state index contributed by atoms with van der Waals surface area (Å²) in [7, 11) is 0. The van der Waals surface area contributed by atoms with E-state index in [2.05, 4.69) is 5.32 Å². The van der Waals surface area contributed by atoms with E-state index in [4.69, 9.17) is 0 Å². The Labute approximate surface area is 95.4 Å². The average molecular weight is 222 g/mol. The minimum atomic E-state index is -0.0933. The number of rotatable bonds is 1. The van der Waals surface area contributed by atoms with E-state index in [1.807, 2.05) is 6.07 Å². The molecule has 3 heteroatoms. The van der Waals surface area contributed by atoms with E-state index in [1.165, 1.54) is 37.1 Å². The van der Waals surface area contributed by atoms with Crippen LogP contribution in [-0.4, -0.2) is 19.6 Å². The van der Waals surface area contributed by atoms with Gasteiger partial charge in [0.15, 0.2) is 6.04 Å². The van der Waals surface area contributed by atoms with Gasteiger partial charge in [-0.05, 0) is 18.2 Å². The first-order valence-electron chi connectivity index (χ1n) is 6.29. The molecule has 0 radical (unpaired) electrons. The molecule has 1 aromatic rings. The van der Waals surface area contributed by atoms with E-state index < -0.39 is 0 Å². The molecule has 1 saturated heterocycles. The number of halogens is 1. The Morgan fingerprint density at radius 1 is 1.25 bits per heavy atom. The fourth-order valence-corrected chi connectivity index (χ4v) is 3.19. The quantitative estimate of drug-likeness (QED) is 0.646. The maximum Gasteiger partial charge on any atom is 0.163 e. The van der Waals surface area contributed by atoms with Crippen molar-refractivity contribution >= 4 is 0 Å². The number of nitrogens with two attached hydrogens (primary N) is 1. The van der Waals surface area contributed by atoms with Crippen LogP contribution in [0.25, 0.3) is 0 Å². The van der Waals surface area contributed by atoms with Crippen LogP contribution in [0.1, 0.15) is 30.0 Å². The highest BCUT2D eigenvalue weighted by atomic mass is 19.1. The summed E-state index contributed by atoms with van der Waals surface area (Å²) in [6.45, 7) is 4.68. The van der Waals surface area contributed by atoms with Crippen molar-refractivity contribution in [3.8, 4) is 0 Å². The van der Waals surface area contributed by atoms with E-state index >= 15 is 0 Å². The molecular weight excluding hydrogens is 203 g/mol. The highest BCUT2D eigenvalue weighted by Crippen LogP contribution is 2.19. The van der Waals surface area contributed by atoms with Crippen molar-refractivity contribution < 1.29 is 14.6 Å². The van der Waals surface area contributed by atoms with Crippen molar-refractivity contribution in [2.24, 2.45) is 0 Å². The monoisotopic (exact) mass is 222 g/mol. The third-order valence-corrected chi connectivity index (χ3v) is 3.99. The van der Waals surface area contributed by atoms with Crippen molar-refractivity contribution in [1.82, 2.24) is 0 Å². The second-order valence-corrected chi connectivity index (χ2v) is 4.99. The van der Waals surface area contributed by atoms with Gasteiger partial charge in [-0.1, -0.05) is 0 Å². The molecule has 0 unspecified atom stereocenters. The molecule has 0 spiro atoms. The lowest BCUT2D eigenvalue weighted by molar-refractivity contribution is -0.937. The molecule has 0 amide bonds. The number of likely N-dealkylation sites (tertiary alicyclic amines) is 1. The number of quaternary nitrogens is 2. The van der Waals surface area contributed by atoms with Crippen LogP contribution in [0.15, 0.2) is 18.2 Å². The van der Waals surface area contributed by atoms with Crippen LogP contribution in [0.5, 0.6) is 0 Å². The fourth-order valence-electron chi connectivity index (χ4n) is 3.19. The molecule has 0 saturated carbocycles. The van der Waals surface area contributed by atoms with Crippen LogP contribution in [-0.2, 0) is 6.54 Å². The van der Waals surface area contributed by atoms with Crippen LogP contribution >= 0.6 is 0 Å². The molecule has 86 valence electrons. The molecule has 2 aliphatic rings. The summed E-state index contributed by atoms with van der Waals surface area (Å²) < 4.78 is 13.2. The van der Waals surface area contributed by atoms with Crippen molar-refractivity contribution in [2.75, 3.05) is 19.6 Å². The molecule has 0 aliphatic carbocycles. The first-order chi connectivity index (χ1) is 7.84. The Balaban J connectivity index is 1.93. The Kier molecular flexibility index (Phi) is 2.65. The third kappa shape index (κ3) is 1.74. The Morgan fingerprint density at radius 2 is 2.06 bits per heavy atom.